The Morgan fingerprint density at radius 1 is 1.40 bits per heavy atom. The van der Waals surface area contributed by atoms with E-state index in [1.807, 2.05) is 13.0 Å². The summed E-state index contributed by atoms with van der Waals surface area (Å²) >= 11 is 0. The number of hydrogen-bond donors (Lipinski definition) is 1. The minimum Gasteiger partial charge on any atom is -0.465 e. The summed E-state index contributed by atoms with van der Waals surface area (Å²) in [7, 11) is 2.21. The highest BCUT2D eigenvalue weighted by atomic mass is 16.3. The van der Waals surface area contributed by atoms with Crippen LogP contribution in [0.3, 0.4) is 0 Å². The lowest BCUT2D eigenvalue weighted by Crippen LogP contribution is -2.59. The van der Waals surface area contributed by atoms with Gasteiger partial charge < -0.3 is 10.2 Å². The van der Waals surface area contributed by atoms with Crippen molar-refractivity contribution < 1.29 is 4.42 Å². The molecule has 2 unspecified atom stereocenters. The third kappa shape index (κ3) is 2.94. The number of likely N-dealkylation sites (N-methyl/N-ethyl adjacent to an activating group) is 1. The van der Waals surface area contributed by atoms with E-state index in [0.717, 1.165) is 24.6 Å². The molecule has 0 bridgehead atoms. The average Bonchev–Trinajstić information content (AvgIpc) is 2.83. The van der Waals surface area contributed by atoms with Crippen LogP contribution >= 0.6 is 0 Å². The first-order valence-electron chi connectivity index (χ1n) is 7.96. The lowest BCUT2D eigenvalue weighted by atomic mass is 9.67. The highest BCUT2D eigenvalue weighted by molar-refractivity contribution is 5.07. The van der Waals surface area contributed by atoms with Crippen LogP contribution in [0, 0.1) is 18.8 Å². The highest BCUT2D eigenvalue weighted by Gasteiger charge is 2.44. The van der Waals surface area contributed by atoms with Crippen LogP contribution in [0.25, 0.3) is 0 Å². The van der Waals surface area contributed by atoms with Crippen molar-refractivity contribution in [3.8, 4) is 0 Å². The number of aryl methyl sites for hydroxylation is 1. The molecule has 1 saturated carbocycles. The quantitative estimate of drug-likeness (QED) is 0.895. The van der Waals surface area contributed by atoms with Crippen LogP contribution in [0.4, 0.5) is 0 Å². The molecular weight excluding hydrogens is 248 g/mol. The van der Waals surface area contributed by atoms with Gasteiger partial charge in [-0.1, -0.05) is 26.7 Å². The Kier molecular flexibility index (Phi) is 4.92. The SMILES string of the molecule is Cc1ccc(CN(C)C2(CN)CCCCC2C(C)C)o1. The van der Waals surface area contributed by atoms with Crippen molar-refractivity contribution in [1.82, 2.24) is 4.90 Å². The number of rotatable bonds is 5. The van der Waals surface area contributed by atoms with Crippen molar-refractivity contribution in [2.75, 3.05) is 13.6 Å². The van der Waals surface area contributed by atoms with Crippen LogP contribution in [-0.2, 0) is 6.54 Å². The molecule has 1 fully saturated rings. The Hall–Kier alpha value is -0.800. The predicted octanol–water partition coefficient (Wildman–Crippen LogP) is 3.56. The zero-order valence-corrected chi connectivity index (χ0v) is 13.5. The third-order valence-electron chi connectivity index (χ3n) is 5.17. The van der Waals surface area contributed by atoms with E-state index in [4.69, 9.17) is 10.2 Å². The molecule has 0 saturated heterocycles. The fourth-order valence-corrected chi connectivity index (χ4v) is 4.05. The largest absolute Gasteiger partial charge is 0.465 e. The van der Waals surface area contributed by atoms with Gasteiger partial charge in [-0.3, -0.25) is 4.90 Å². The normalized spacial score (nSPS) is 27.4. The van der Waals surface area contributed by atoms with Gasteiger partial charge >= 0.3 is 0 Å². The van der Waals surface area contributed by atoms with Crippen molar-refractivity contribution >= 4 is 0 Å². The van der Waals surface area contributed by atoms with E-state index < -0.39 is 0 Å². The molecule has 2 rings (SSSR count). The van der Waals surface area contributed by atoms with Crippen LogP contribution in [-0.4, -0.2) is 24.0 Å². The van der Waals surface area contributed by atoms with Gasteiger partial charge in [-0.25, -0.2) is 0 Å². The van der Waals surface area contributed by atoms with E-state index in [1.165, 1.54) is 25.7 Å². The van der Waals surface area contributed by atoms with E-state index in [0.29, 0.717) is 11.8 Å². The third-order valence-corrected chi connectivity index (χ3v) is 5.17. The van der Waals surface area contributed by atoms with Crippen LogP contribution < -0.4 is 5.73 Å². The second-order valence-corrected chi connectivity index (χ2v) is 6.77. The molecule has 3 nitrogen and oxygen atoms in total. The summed E-state index contributed by atoms with van der Waals surface area (Å²) in [6, 6.07) is 4.13. The number of hydrogen-bond acceptors (Lipinski definition) is 3. The van der Waals surface area contributed by atoms with Gasteiger partial charge in [-0.15, -0.1) is 0 Å². The lowest BCUT2D eigenvalue weighted by Gasteiger charge is -2.51. The lowest BCUT2D eigenvalue weighted by molar-refractivity contribution is -0.00534. The standard InChI is InChI=1S/C17H30N2O/c1-13(2)16-7-5-6-10-17(16,12-18)19(4)11-15-9-8-14(3)20-15/h8-9,13,16H,5-7,10-12,18H2,1-4H3. The predicted molar refractivity (Wildman–Crippen MR) is 83.5 cm³/mol. The number of nitrogens with zero attached hydrogens (tertiary/aromatic N) is 1. The summed E-state index contributed by atoms with van der Waals surface area (Å²) in [6.45, 7) is 8.27. The van der Waals surface area contributed by atoms with Gasteiger partial charge in [-0.2, -0.15) is 0 Å². The van der Waals surface area contributed by atoms with Gasteiger partial charge in [0.1, 0.15) is 11.5 Å². The molecule has 2 atom stereocenters. The second-order valence-electron chi connectivity index (χ2n) is 6.77. The second kappa shape index (κ2) is 6.31. The summed E-state index contributed by atoms with van der Waals surface area (Å²) in [5, 5.41) is 0. The van der Waals surface area contributed by atoms with E-state index in [9.17, 15) is 0 Å². The van der Waals surface area contributed by atoms with E-state index >= 15 is 0 Å². The van der Waals surface area contributed by atoms with Crippen molar-refractivity contribution in [3.63, 3.8) is 0 Å². The van der Waals surface area contributed by atoms with E-state index in [-0.39, 0.29) is 5.54 Å². The smallest absolute Gasteiger partial charge is 0.118 e. The van der Waals surface area contributed by atoms with Gasteiger partial charge in [0.2, 0.25) is 0 Å². The van der Waals surface area contributed by atoms with Gasteiger partial charge in [0, 0.05) is 12.1 Å². The first-order chi connectivity index (χ1) is 9.49. The van der Waals surface area contributed by atoms with Crippen LogP contribution in [0.5, 0.6) is 0 Å². The Morgan fingerprint density at radius 3 is 2.70 bits per heavy atom. The monoisotopic (exact) mass is 278 g/mol. The summed E-state index contributed by atoms with van der Waals surface area (Å²) in [4.78, 5) is 2.45. The first-order valence-corrected chi connectivity index (χ1v) is 7.96. The Morgan fingerprint density at radius 2 is 2.15 bits per heavy atom. The molecule has 0 amide bonds. The summed E-state index contributed by atoms with van der Waals surface area (Å²) in [5.41, 5.74) is 6.39. The van der Waals surface area contributed by atoms with Crippen LogP contribution in [0.1, 0.15) is 51.1 Å². The molecule has 20 heavy (non-hydrogen) atoms. The molecule has 3 heteroatoms. The first kappa shape index (κ1) is 15.6. The van der Waals surface area contributed by atoms with Crippen molar-refractivity contribution in [2.24, 2.45) is 17.6 Å². The van der Waals surface area contributed by atoms with Crippen LogP contribution in [0.15, 0.2) is 16.5 Å². The van der Waals surface area contributed by atoms with Gasteiger partial charge in [0.05, 0.1) is 6.54 Å². The Balaban J connectivity index is 2.19. The van der Waals surface area contributed by atoms with Crippen molar-refractivity contribution in [1.29, 1.82) is 0 Å². The van der Waals surface area contributed by atoms with E-state index in [2.05, 4.69) is 31.9 Å². The Labute approximate surface area is 123 Å². The number of nitrogens with two attached hydrogens (primary N) is 1. The summed E-state index contributed by atoms with van der Waals surface area (Å²) in [5.74, 6) is 3.40. The molecule has 1 aromatic rings. The number of furan rings is 1. The van der Waals surface area contributed by atoms with Crippen molar-refractivity contribution in [2.45, 2.75) is 58.5 Å². The molecule has 114 valence electrons. The molecule has 1 aliphatic rings. The van der Waals surface area contributed by atoms with Gasteiger partial charge in [0.25, 0.3) is 0 Å². The zero-order valence-electron chi connectivity index (χ0n) is 13.5. The minimum atomic E-state index is 0.132. The molecule has 0 spiro atoms. The molecule has 1 aliphatic carbocycles. The molecule has 1 heterocycles. The summed E-state index contributed by atoms with van der Waals surface area (Å²) in [6.07, 6.45) is 5.15. The van der Waals surface area contributed by atoms with Gasteiger partial charge in [-0.05, 0) is 50.8 Å². The van der Waals surface area contributed by atoms with Crippen molar-refractivity contribution in [3.05, 3.63) is 23.7 Å². The molecule has 0 aliphatic heterocycles. The maximum absolute atomic E-state index is 6.25. The maximum atomic E-state index is 6.25. The Bertz CT molecular complexity index is 426. The fraction of sp³-hybridized carbons (Fsp3) is 0.765. The topological polar surface area (TPSA) is 42.4 Å². The molecule has 0 aromatic carbocycles. The average molecular weight is 278 g/mol. The zero-order chi connectivity index (χ0) is 14.8. The van der Waals surface area contributed by atoms with E-state index in [1.54, 1.807) is 0 Å². The van der Waals surface area contributed by atoms with Crippen LogP contribution in [0.2, 0.25) is 0 Å². The minimum absolute atomic E-state index is 0.132. The highest BCUT2D eigenvalue weighted by Crippen LogP contribution is 2.42. The van der Waals surface area contributed by atoms with Gasteiger partial charge in [0.15, 0.2) is 0 Å². The maximum Gasteiger partial charge on any atom is 0.118 e. The fourth-order valence-electron chi connectivity index (χ4n) is 4.05. The molecule has 2 N–H and O–H groups in total. The summed E-state index contributed by atoms with van der Waals surface area (Å²) < 4.78 is 5.75. The molecular formula is C17H30N2O. The molecule has 0 radical (unpaired) electrons. The molecule has 1 aromatic heterocycles.